The zero-order valence-corrected chi connectivity index (χ0v) is 11.2. The van der Waals surface area contributed by atoms with Crippen LogP contribution in [-0.2, 0) is 6.42 Å². The molecule has 0 amide bonds. The summed E-state index contributed by atoms with van der Waals surface area (Å²) in [6, 6.07) is 3.85. The van der Waals surface area contributed by atoms with E-state index < -0.39 is 17.7 Å². The summed E-state index contributed by atoms with van der Waals surface area (Å²) in [6.45, 7) is 0. The molecule has 1 nitrogen and oxygen atoms in total. The number of benzene rings is 1. The highest BCUT2D eigenvalue weighted by atomic mass is 19.2. The molecular weight excluding hydrogens is 246 g/mol. The molecule has 0 radical (unpaired) electrons. The van der Waals surface area contributed by atoms with Gasteiger partial charge in [0.15, 0.2) is 11.6 Å². The van der Waals surface area contributed by atoms with Gasteiger partial charge in [0.1, 0.15) is 0 Å². The fraction of sp³-hybridized carbons (Fsp3) is 0.625. The minimum Gasteiger partial charge on any atom is -0.393 e. The average Bonchev–Trinajstić information content (AvgIpc) is 2.42. The molecule has 3 heteroatoms. The van der Waals surface area contributed by atoms with E-state index in [1.165, 1.54) is 38.2 Å². The van der Waals surface area contributed by atoms with Crippen LogP contribution in [0.3, 0.4) is 0 Å². The van der Waals surface area contributed by atoms with E-state index >= 15 is 0 Å². The van der Waals surface area contributed by atoms with Gasteiger partial charge in [-0.25, -0.2) is 8.78 Å². The van der Waals surface area contributed by atoms with Crippen molar-refractivity contribution in [2.45, 2.75) is 57.5 Å². The number of rotatable bonds is 5. The first-order valence-electron chi connectivity index (χ1n) is 7.27. The maximum Gasteiger partial charge on any atom is 0.159 e. The second-order valence-electron chi connectivity index (χ2n) is 5.69. The van der Waals surface area contributed by atoms with Crippen molar-refractivity contribution in [3.63, 3.8) is 0 Å². The Morgan fingerprint density at radius 2 is 1.84 bits per heavy atom. The van der Waals surface area contributed by atoms with Gasteiger partial charge in [0.2, 0.25) is 0 Å². The Kier molecular flexibility index (Phi) is 5.32. The molecule has 1 saturated carbocycles. The molecule has 1 atom stereocenters. The summed E-state index contributed by atoms with van der Waals surface area (Å²) in [4.78, 5) is 0. The van der Waals surface area contributed by atoms with Gasteiger partial charge in [-0.3, -0.25) is 0 Å². The van der Waals surface area contributed by atoms with Gasteiger partial charge in [0.25, 0.3) is 0 Å². The van der Waals surface area contributed by atoms with Crippen LogP contribution in [0.1, 0.15) is 50.5 Å². The molecule has 19 heavy (non-hydrogen) atoms. The Bertz CT molecular complexity index is 400. The maximum atomic E-state index is 13.0. The zero-order valence-electron chi connectivity index (χ0n) is 11.2. The quantitative estimate of drug-likeness (QED) is 0.847. The maximum absolute atomic E-state index is 13.0. The molecule has 106 valence electrons. The molecule has 1 aliphatic carbocycles. The molecule has 0 aliphatic heterocycles. The number of halogens is 2. The topological polar surface area (TPSA) is 20.2 Å². The van der Waals surface area contributed by atoms with Gasteiger partial charge in [-0.05, 0) is 42.9 Å². The first-order valence-corrected chi connectivity index (χ1v) is 7.27. The van der Waals surface area contributed by atoms with Gasteiger partial charge in [-0.2, -0.15) is 0 Å². The minimum atomic E-state index is -0.836. The molecule has 0 aromatic heterocycles. The Morgan fingerprint density at radius 1 is 1.11 bits per heavy atom. The predicted molar refractivity (Wildman–Crippen MR) is 71.9 cm³/mol. The molecule has 0 spiro atoms. The lowest BCUT2D eigenvalue weighted by atomic mass is 9.85. The minimum absolute atomic E-state index is 0.407. The van der Waals surface area contributed by atoms with E-state index in [0.29, 0.717) is 12.0 Å². The number of hydrogen-bond acceptors (Lipinski definition) is 1. The second-order valence-corrected chi connectivity index (χ2v) is 5.69. The van der Waals surface area contributed by atoms with Crippen LogP contribution in [0.2, 0.25) is 0 Å². The summed E-state index contributed by atoms with van der Waals surface area (Å²) in [5.41, 5.74) is 0.662. The molecule has 1 aromatic carbocycles. The van der Waals surface area contributed by atoms with E-state index in [2.05, 4.69) is 0 Å². The normalized spacial score (nSPS) is 18.5. The molecule has 1 aliphatic rings. The van der Waals surface area contributed by atoms with Gasteiger partial charge >= 0.3 is 0 Å². The van der Waals surface area contributed by atoms with E-state index in [4.69, 9.17) is 0 Å². The molecular formula is C16H22F2O. The summed E-state index contributed by atoms with van der Waals surface area (Å²) in [7, 11) is 0. The molecule has 0 bridgehead atoms. The molecule has 2 rings (SSSR count). The van der Waals surface area contributed by atoms with E-state index in [0.717, 1.165) is 24.8 Å². The van der Waals surface area contributed by atoms with Crippen LogP contribution in [0, 0.1) is 17.6 Å². The zero-order chi connectivity index (χ0) is 13.7. The highest BCUT2D eigenvalue weighted by Crippen LogP contribution is 2.28. The lowest BCUT2D eigenvalue weighted by molar-refractivity contribution is 0.149. The lowest BCUT2D eigenvalue weighted by Gasteiger charge is -2.22. The number of hydrogen-bond donors (Lipinski definition) is 1. The highest BCUT2D eigenvalue weighted by molar-refractivity contribution is 5.18. The SMILES string of the molecule is OC(CCC1CCCCC1)Cc1ccc(F)c(F)c1. The predicted octanol–water partition coefficient (Wildman–Crippen LogP) is 4.23. The second kappa shape index (κ2) is 6.99. The molecule has 1 aromatic rings. The first-order chi connectivity index (χ1) is 9.15. The van der Waals surface area contributed by atoms with Crippen molar-refractivity contribution in [1.82, 2.24) is 0 Å². The van der Waals surface area contributed by atoms with Gasteiger partial charge < -0.3 is 5.11 Å². The largest absolute Gasteiger partial charge is 0.393 e. The third-order valence-corrected chi connectivity index (χ3v) is 4.09. The van der Waals surface area contributed by atoms with Crippen molar-refractivity contribution in [3.05, 3.63) is 35.4 Å². The molecule has 1 fully saturated rings. The Morgan fingerprint density at radius 3 is 2.53 bits per heavy atom. The average molecular weight is 268 g/mol. The number of aliphatic hydroxyl groups is 1. The van der Waals surface area contributed by atoms with E-state index in [9.17, 15) is 13.9 Å². The van der Waals surface area contributed by atoms with Crippen molar-refractivity contribution < 1.29 is 13.9 Å². The summed E-state index contributed by atoms with van der Waals surface area (Å²) < 4.78 is 25.8. The Labute approximate surface area is 113 Å². The van der Waals surface area contributed by atoms with E-state index in [1.54, 1.807) is 6.07 Å². The highest BCUT2D eigenvalue weighted by Gasteiger charge is 2.15. The van der Waals surface area contributed by atoms with Gasteiger partial charge in [0.05, 0.1) is 6.10 Å². The van der Waals surface area contributed by atoms with Gasteiger partial charge in [-0.1, -0.05) is 38.2 Å². The standard InChI is InChI=1S/C16H22F2O/c17-15-9-7-13(11-16(15)18)10-14(19)8-6-12-4-2-1-3-5-12/h7,9,11-12,14,19H,1-6,8,10H2. The fourth-order valence-corrected chi connectivity index (χ4v) is 2.94. The van der Waals surface area contributed by atoms with Crippen LogP contribution in [-0.4, -0.2) is 11.2 Å². The summed E-state index contributed by atoms with van der Waals surface area (Å²) in [5, 5.41) is 9.98. The summed E-state index contributed by atoms with van der Waals surface area (Å²) >= 11 is 0. The third kappa shape index (κ3) is 4.57. The van der Waals surface area contributed by atoms with Crippen LogP contribution in [0.4, 0.5) is 8.78 Å². The van der Waals surface area contributed by atoms with Gasteiger partial charge in [-0.15, -0.1) is 0 Å². The van der Waals surface area contributed by atoms with Crippen molar-refractivity contribution >= 4 is 0 Å². The third-order valence-electron chi connectivity index (χ3n) is 4.09. The summed E-state index contributed by atoms with van der Waals surface area (Å²) in [5.74, 6) is -0.925. The first kappa shape index (κ1) is 14.4. The van der Waals surface area contributed by atoms with E-state index in [-0.39, 0.29) is 0 Å². The molecule has 0 heterocycles. The van der Waals surface area contributed by atoms with Crippen LogP contribution in [0.5, 0.6) is 0 Å². The Balaban J connectivity index is 1.76. The fourth-order valence-electron chi connectivity index (χ4n) is 2.94. The molecule has 1 unspecified atom stereocenters. The van der Waals surface area contributed by atoms with Crippen LogP contribution in [0.25, 0.3) is 0 Å². The summed E-state index contributed by atoms with van der Waals surface area (Å²) in [6.07, 6.45) is 8.27. The lowest BCUT2D eigenvalue weighted by Crippen LogP contribution is -2.14. The van der Waals surface area contributed by atoms with Crippen molar-refractivity contribution in [2.75, 3.05) is 0 Å². The molecule has 1 N–H and O–H groups in total. The van der Waals surface area contributed by atoms with Crippen molar-refractivity contribution in [1.29, 1.82) is 0 Å². The number of aliphatic hydroxyl groups excluding tert-OH is 1. The van der Waals surface area contributed by atoms with Gasteiger partial charge in [0, 0.05) is 0 Å². The van der Waals surface area contributed by atoms with Crippen molar-refractivity contribution in [3.8, 4) is 0 Å². The van der Waals surface area contributed by atoms with Crippen LogP contribution < -0.4 is 0 Å². The molecule has 0 saturated heterocycles. The van der Waals surface area contributed by atoms with Crippen LogP contribution in [0.15, 0.2) is 18.2 Å². The van der Waals surface area contributed by atoms with E-state index in [1.807, 2.05) is 0 Å². The van der Waals surface area contributed by atoms with Crippen molar-refractivity contribution in [2.24, 2.45) is 5.92 Å². The monoisotopic (exact) mass is 268 g/mol. The smallest absolute Gasteiger partial charge is 0.159 e. The van der Waals surface area contributed by atoms with Crippen LogP contribution >= 0.6 is 0 Å². The Hall–Kier alpha value is -0.960.